The number of nitrogens with zero attached hydrogens (tertiary/aromatic N) is 2. The van der Waals surface area contributed by atoms with Gasteiger partial charge in [0.25, 0.3) is 0 Å². The number of rotatable bonds is 7. The second-order valence-corrected chi connectivity index (χ2v) is 8.81. The van der Waals surface area contributed by atoms with Gasteiger partial charge in [0.15, 0.2) is 0 Å². The molecule has 1 heterocycles. The fraction of sp³-hybridized carbons (Fsp3) is 0.0741. The molecule has 0 aliphatic heterocycles. The zero-order valence-corrected chi connectivity index (χ0v) is 20.3. The van der Waals surface area contributed by atoms with Crippen molar-refractivity contribution in [3.8, 4) is 0 Å². The summed E-state index contributed by atoms with van der Waals surface area (Å²) in [7, 11) is 0. The van der Waals surface area contributed by atoms with E-state index in [9.17, 15) is 0 Å². The number of benzene rings is 3. The van der Waals surface area contributed by atoms with Crippen LogP contribution in [0, 0.1) is 6.92 Å². The van der Waals surface area contributed by atoms with Crippen molar-refractivity contribution in [1.82, 2.24) is 4.98 Å². The van der Waals surface area contributed by atoms with Crippen LogP contribution in [0.4, 0.5) is 5.69 Å². The second kappa shape index (κ2) is 10.7. The highest BCUT2D eigenvalue weighted by atomic mass is 35.5. The van der Waals surface area contributed by atoms with Gasteiger partial charge in [-0.2, -0.15) is 5.10 Å². The van der Waals surface area contributed by atoms with Crippen molar-refractivity contribution in [3.05, 3.63) is 129 Å². The second-order valence-electron chi connectivity index (χ2n) is 7.59. The molecular formula is C27H21Cl2N3S. The Labute approximate surface area is 209 Å². The van der Waals surface area contributed by atoms with Gasteiger partial charge >= 0.3 is 0 Å². The molecule has 4 aromatic rings. The summed E-state index contributed by atoms with van der Waals surface area (Å²) in [4.78, 5) is 5.10. The number of hydrazone groups is 1. The Morgan fingerprint density at radius 3 is 2.24 bits per heavy atom. The standard InChI is InChI=1S/C27H21Cl2N3S/c1-18-7-10-22(17-30-18)27(33)21-11-8-19(9-12-21)13-24-25(28)14-23(15-26(24)29)32-31-16-20-5-3-2-4-6-20/h2-12,14-17,32H,13H2,1H3. The molecule has 3 aromatic carbocycles. The molecule has 33 heavy (non-hydrogen) atoms. The maximum atomic E-state index is 6.55. The van der Waals surface area contributed by atoms with Gasteiger partial charge in [0.2, 0.25) is 0 Å². The van der Waals surface area contributed by atoms with Crippen LogP contribution in [0.25, 0.3) is 0 Å². The predicted molar refractivity (Wildman–Crippen MR) is 143 cm³/mol. The molecule has 0 fully saturated rings. The minimum absolute atomic E-state index is 0.588. The van der Waals surface area contributed by atoms with E-state index in [2.05, 4.69) is 15.5 Å². The summed E-state index contributed by atoms with van der Waals surface area (Å²) in [5, 5.41) is 5.43. The van der Waals surface area contributed by atoms with Gasteiger partial charge in [-0.1, -0.05) is 96.1 Å². The van der Waals surface area contributed by atoms with Crippen molar-refractivity contribution >= 4 is 52.2 Å². The third-order valence-corrected chi connectivity index (χ3v) is 6.26. The minimum atomic E-state index is 0.588. The van der Waals surface area contributed by atoms with Gasteiger partial charge in [0.1, 0.15) is 0 Å². The van der Waals surface area contributed by atoms with E-state index in [0.29, 0.717) is 16.5 Å². The van der Waals surface area contributed by atoms with Crippen LogP contribution in [0.15, 0.2) is 90.2 Å². The molecular weight excluding hydrogens is 469 g/mol. The molecule has 0 aliphatic rings. The zero-order valence-electron chi connectivity index (χ0n) is 17.9. The molecule has 1 aromatic heterocycles. The van der Waals surface area contributed by atoms with E-state index in [4.69, 9.17) is 35.4 Å². The minimum Gasteiger partial charge on any atom is -0.278 e. The summed E-state index contributed by atoms with van der Waals surface area (Å²) in [5.41, 5.74) is 9.56. The SMILES string of the molecule is Cc1ccc(C(=S)c2ccc(Cc3c(Cl)cc(NN=Cc4ccccc4)cc3Cl)cc2)cn1. The highest BCUT2D eigenvalue weighted by molar-refractivity contribution is 7.81. The van der Waals surface area contributed by atoms with Gasteiger partial charge in [0, 0.05) is 33.9 Å². The Morgan fingerprint density at radius 1 is 0.939 bits per heavy atom. The van der Waals surface area contributed by atoms with E-state index < -0.39 is 0 Å². The molecule has 6 heteroatoms. The summed E-state index contributed by atoms with van der Waals surface area (Å²) in [5.74, 6) is 0. The highest BCUT2D eigenvalue weighted by Gasteiger charge is 2.11. The van der Waals surface area contributed by atoms with Gasteiger partial charge < -0.3 is 0 Å². The lowest BCUT2D eigenvalue weighted by molar-refractivity contribution is 1.19. The van der Waals surface area contributed by atoms with Gasteiger partial charge in [-0.3, -0.25) is 10.4 Å². The van der Waals surface area contributed by atoms with Crippen LogP contribution in [-0.4, -0.2) is 16.1 Å². The third-order valence-electron chi connectivity index (χ3n) is 5.12. The van der Waals surface area contributed by atoms with Crippen LogP contribution < -0.4 is 5.43 Å². The molecule has 0 aliphatic carbocycles. The summed E-state index contributed by atoms with van der Waals surface area (Å²) in [6, 6.07) is 25.6. The lowest BCUT2D eigenvalue weighted by atomic mass is 10.0. The van der Waals surface area contributed by atoms with Crippen molar-refractivity contribution in [2.24, 2.45) is 5.10 Å². The summed E-state index contributed by atoms with van der Waals surface area (Å²) in [6.07, 6.45) is 4.17. The van der Waals surface area contributed by atoms with E-state index in [1.54, 1.807) is 6.21 Å². The predicted octanol–water partition coefficient (Wildman–Crippen LogP) is 7.50. The number of nitrogens with one attached hydrogen (secondary N) is 1. The quantitative estimate of drug-likeness (QED) is 0.126. The molecule has 164 valence electrons. The van der Waals surface area contributed by atoms with Crippen molar-refractivity contribution in [2.75, 3.05) is 5.43 Å². The van der Waals surface area contributed by atoms with Crippen LogP contribution >= 0.6 is 35.4 Å². The van der Waals surface area contributed by atoms with Crippen LogP contribution in [0.5, 0.6) is 0 Å². The van der Waals surface area contributed by atoms with Crippen molar-refractivity contribution in [1.29, 1.82) is 0 Å². The molecule has 0 spiro atoms. The first kappa shape index (κ1) is 23.1. The van der Waals surface area contributed by atoms with E-state index in [0.717, 1.165) is 44.1 Å². The molecule has 0 unspecified atom stereocenters. The first-order chi connectivity index (χ1) is 16.0. The van der Waals surface area contributed by atoms with E-state index in [1.165, 1.54) is 0 Å². The molecule has 4 rings (SSSR count). The lowest BCUT2D eigenvalue weighted by Crippen LogP contribution is -2.01. The van der Waals surface area contributed by atoms with Gasteiger partial charge in [-0.25, -0.2) is 0 Å². The maximum Gasteiger partial charge on any atom is 0.0591 e. The Balaban J connectivity index is 1.44. The van der Waals surface area contributed by atoms with Gasteiger partial charge in [0.05, 0.1) is 16.8 Å². The number of aryl methyl sites for hydroxylation is 1. The number of anilines is 1. The van der Waals surface area contributed by atoms with E-state index >= 15 is 0 Å². The van der Waals surface area contributed by atoms with Crippen LogP contribution in [0.2, 0.25) is 10.0 Å². The van der Waals surface area contributed by atoms with Crippen LogP contribution in [0.1, 0.15) is 33.5 Å². The normalized spacial score (nSPS) is 11.0. The molecule has 1 N–H and O–H groups in total. The Hall–Kier alpha value is -3.05. The lowest BCUT2D eigenvalue weighted by Gasteiger charge is -2.11. The number of hydrogen-bond acceptors (Lipinski definition) is 4. The molecule has 0 atom stereocenters. The number of hydrogen-bond donors (Lipinski definition) is 1. The summed E-state index contributed by atoms with van der Waals surface area (Å²) in [6.45, 7) is 1.96. The molecule has 0 radical (unpaired) electrons. The number of halogens is 2. The van der Waals surface area contributed by atoms with Crippen LogP contribution in [0.3, 0.4) is 0 Å². The highest BCUT2D eigenvalue weighted by Crippen LogP contribution is 2.31. The molecule has 0 amide bonds. The number of pyridine rings is 1. The zero-order chi connectivity index (χ0) is 23.2. The largest absolute Gasteiger partial charge is 0.278 e. The van der Waals surface area contributed by atoms with E-state index in [1.807, 2.05) is 92.0 Å². The average Bonchev–Trinajstić information content (AvgIpc) is 2.83. The number of thiocarbonyl (C=S) groups is 1. The Kier molecular flexibility index (Phi) is 7.50. The third kappa shape index (κ3) is 6.05. The van der Waals surface area contributed by atoms with E-state index in [-0.39, 0.29) is 0 Å². The van der Waals surface area contributed by atoms with Crippen LogP contribution in [-0.2, 0) is 6.42 Å². The molecule has 0 saturated heterocycles. The Morgan fingerprint density at radius 2 is 1.61 bits per heavy atom. The summed E-state index contributed by atoms with van der Waals surface area (Å²) < 4.78 is 0. The van der Waals surface area contributed by atoms with Gasteiger partial charge in [-0.15, -0.1) is 0 Å². The smallest absolute Gasteiger partial charge is 0.0591 e. The first-order valence-electron chi connectivity index (χ1n) is 10.4. The van der Waals surface area contributed by atoms with Crippen molar-refractivity contribution < 1.29 is 0 Å². The van der Waals surface area contributed by atoms with Crippen molar-refractivity contribution in [2.45, 2.75) is 13.3 Å². The average molecular weight is 490 g/mol. The Bertz CT molecular complexity index is 1260. The monoisotopic (exact) mass is 489 g/mol. The molecule has 3 nitrogen and oxygen atoms in total. The maximum absolute atomic E-state index is 6.55. The molecule has 0 saturated carbocycles. The fourth-order valence-electron chi connectivity index (χ4n) is 3.30. The fourth-order valence-corrected chi connectivity index (χ4v) is 4.18. The van der Waals surface area contributed by atoms with Crippen molar-refractivity contribution in [3.63, 3.8) is 0 Å². The summed E-state index contributed by atoms with van der Waals surface area (Å²) >= 11 is 18.7. The molecule has 0 bridgehead atoms. The van der Waals surface area contributed by atoms with Gasteiger partial charge in [-0.05, 0) is 47.4 Å². The number of aromatic nitrogens is 1. The topological polar surface area (TPSA) is 37.3 Å². The first-order valence-corrected chi connectivity index (χ1v) is 11.5.